The van der Waals surface area contributed by atoms with Crippen LogP contribution in [-0.4, -0.2) is 21.3 Å². The van der Waals surface area contributed by atoms with E-state index in [0.29, 0.717) is 0 Å². The summed E-state index contributed by atoms with van der Waals surface area (Å²) >= 11 is 5.90. The average molecular weight is 462 g/mol. The Hall–Kier alpha value is -0.790. The summed E-state index contributed by atoms with van der Waals surface area (Å²) in [6.45, 7) is 0. The Balaban J connectivity index is 2.52. The fourth-order valence-electron chi connectivity index (χ4n) is 2.23. The Bertz CT molecular complexity index is 611. The Labute approximate surface area is 147 Å². The highest BCUT2D eigenvalue weighted by Gasteiger charge is 2.17. The number of nitrogens with one attached hydrogen (secondary N) is 1. The predicted octanol–water partition coefficient (Wildman–Crippen LogP) is 4.38. The van der Waals surface area contributed by atoms with Gasteiger partial charge in [0.1, 0.15) is 11.5 Å². The van der Waals surface area contributed by atoms with Gasteiger partial charge in [0.05, 0.1) is 20.3 Å². The molecule has 0 spiro atoms. The highest BCUT2D eigenvalue weighted by atomic mass is 127. The van der Waals surface area contributed by atoms with Crippen molar-refractivity contribution in [2.45, 2.75) is 6.04 Å². The van der Waals surface area contributed by atoms with E-state index in [1.54, 1.807) is 14.2 Å². The summed E-state index contributed by atoms with van der Waals surface area (Å²) in [5, 5.41) is 3.37. The molecule has 0 aliphatic carbocycles. The maximum absolute atomic E-state index is 5.36. The van der Waals surface area contributed by atoms with Gasteiger partial charge >= 0.3 is 0 Å². The summed E-state index contributed by atoms with van der Waals surface area (Å²) < 4.78 is 13.0. The lowest BCUT2D eigenvalue weighted by atomic mass is 9.98. The molecule has 5 heteroatoms. The van der Waals surface area contributed by atoms with Crippen LogP contribution in [0, 0.1) is 3.57 Å². The predicted molar refractivity (Wildman–Crippen MR) is 97.3 cm³/mol. The van der Waals surface area contributed by atoms with Gasteiger partial charge in [-0.25, -0.2) is 0 Å². The maximum atomic E-state index is 5.36. The number of ether oxygens (including phenoxy) is 2. The molecule has 0 saturated heterocycles. The number of hydrogen-bond donors (Lipinski definition) is 1. The minimum atomic E-state index is 0.0680. The van der Waals surface area contributed by atoms with Gasteiger partial charge in [-0.1, -0.05) is 15.9 Å². The van der Waals surface area contributed by atoms with Gasteiger partial charge in [-0.2, -0.15) is 0 Å². The van der Waals surface area contributed by atoms with Crippen LogP contribution in [0.1, 0.15) is 17.2 Å². The van der Waals surface area contributed by atoms with Gasteiger partial charge in [-0.15, -0.1) is 0 Å². The van der Waals surface area contributed by atoms with Gasteiger partial charge in [0.25, 0.3) is 0 Å². The van der Waals surface area contributed by atoms with E-state index < -0.39 is 0 Å². The first-order valence-corrected chi connectivity index (χ1v) is 8.31. The number of methoxy groups -OCH3 is 2. The quantitative estimate of drug-likeness (QED) is 0.670. The molecule has 1 unspecified atom stereocenters. The summed E-state index contributed by atoms with van der Waals surface area (Å²) in [7, 11) is 5.28. The van der Waals surface area contributed by atoms with E-state index in [-0.39, 0.29) is 6.04 Å². The third-order valence-corrected chi connectivity index (χ3v) is 4.74. The molecule has 112 valence electrons. The minimum absolute atomic E-state index is 0.0680. The highest BCUT2D eigenvalue weighted by molar-refractivity contribution is 14.1. The van der Waals surface area contributed by atoms with E-state index in [1.165, 1.54) is 9.13 Å². The van der Waals surface area contributed by atoms with Crippen molar-refractivity contribution in [3.63, 3.8) is 0 Å². The van der Waals surface area contributed by atoms with Crippen LogP contribution in [0.2, 0.25) is 0 Å². The molecule has 0 aliphatic heterocycles. The Morgan fingerprint density at radius 2 is 1.67 bits per heavy atom. The van der Waals surface area contributed by atoms with Crippen LogP contribution in [-0.2, 0) is 0 Å². The lowest BCUT2D eigenvalue weighted by Gasteiger charge is -2.20. The lowest BCUT2D eigenvalue weighted by molar-refractivity contribution is 0.392. The average Bonchev–Trinajstić information content (AvgIpc) is 2.51. The van der Waals surface area contributed by atoms with Gasteiger partial charge in [-0.05, 0) is 71.1 Å². The Morgan fingerprint density at radius 3 is 2.19 bits per heavy atom. The van der Waals surface area contributed by atoms with E-state index in [2.05, 4.69) is 56.0 Å². The number of benzene rings is 2. The molecular weight excluding hydrogens is 445 g/mol. The summed E-state index contributed by atoms with van der Waals surface area (Å²) in [5.41, 5.74) is 2.31. The first kappa shape index (κ1) is 16.6. The number of halogens is 2. The zero-order valence-electron chi connectivity index (χ0n) is 12.1. The van der Waals surface area contributed by atoms with E-state index in [9.17, 15) is 0 Å². The van der Waals surface area contributed by atoms with Crippen molar-refractivity contribution in [2.24, 2.45) is 0 Å². The van der Waals surface area contributed by atoms with Crippen molar-refractivity contribution in [3.05, 3.63) is 55.6 Å². The lowest BCUT2D eigenvalue weighted by Crippen LogP contribution is -2.19. The minimum Gasteiger partial charge on any atom is -0.497 e. The fourth-order valence-corrected chi connectivity index (χ4v) is 3.26. The molecule has 0 amide bonds. The van der Waals surface area contributed by atoms with E-state index >= 15 is 0 Å². The topological polar surface area (TPSA) is 30.5 Å². The monoisotopic (exact) mass is 461 g/mol. The summed E-state index contributed by atoms with van der Waals surface area (Å²) in [6.07, 6.45) is 0. The zero-order chi connectivity index (χ0) is 15.4. The SMILES string of the molecule is CNC(c1cc(OC)cc(OC)c1)c1cc(Br)ccc1I. The molecule has 0 fully saturated rings. The summed E-state index contributed by atoms with van der Waals surface area (Å²) in [5.74, 6) is 1.57. The second-order valence-electron chi connectivity index (χ2n) is 4.53. The van der Waals surface area contributed by atoms with Crippen LogP contribution in [0.25, 0.3) is 0 Å². The molecule has 2 rings (SSSR count). The Kier molecular flexibility index (Phi) is 5.89. The molecule has 21 heavy (non-hydrogen) atoms. The van der Waals surface area contributed by atoms with Gasteiger partial charge < -0.3 is 14.8 Å². The second-order valence-corrected chi connectivity index (χ2v) is 6.61. The molecule has 0 bridgehead atoms. The van der Waals surface area contributed by atoms with Crippen molar-refractivity contribution in [1.29, 1.82) is 0 Å². The zero-order valence-corrected chi connectivity index (χ0v) is 15.9. The summed E-state index contributed by atoms with van der Waals surface area (Å²) in [6, 6.07) is 12.3. The van der Waals surface area contributed by atoms with Gasteiger partial charge in [-0.3, -0.25) is 0 Å². The maximum Gasteiger partial charge on any atom is 0.122 e. The van der Waals surface area contributed by atoms with Gasteiger partial charge in [0.15, 0.2) is 0 Å². The van der Waals surface area contributed by atoms with E-state index in [0.717, 1.165) is 21.5 Å². The number of rotatable bonds is 5. The van der Waals surface area contributed by atoms with Crippen LogP contribution in [0.15, 0.2) is 40.9 Å². The molecule has 0 heterocycles. The normalized spacial score (nSPS) is 12.0. The van der Waals surface area contributed by atoms with E-state index in [1.807, 2.05) is 31.3 Å². The third-order valence-electron chi connectivity index (χ3n) is 3.26. The van der Waals surface area contributed by atoms with Gasteiger partial charge in [0.2, 0.25) is 0 Å². The van der Waals surface area contributed by atoms with Gasteiger partial charge in [0, 0.05) is 14.1 Å². The Morgan fingerprint density at radius 1 is 1.05 bits per heavy atom. The van der Waals surface area contributed by atoms with Crippen molar-refractivity contribution < 1.29 is 9.47 Å². The molecule has 0 saturated carbocycles. The molecule has 0 aromatic heterocycles. The summed E-state index contributed by atoms with van der Waals surface area (Å²) in [4.78, 5) is 0. The van der Waals surface area contributed by atoms with Crippen LogP contribution < -0.4 is 14.8 Å². The smallest absolute Gasteiger partial charge is 0.122 e. The molecular formula is C16H17BrINO2. The van der Waals surface area contributed by atoms with Crippen molar-refractivity contribution in [1.82, 2.24) is 5.32 Å². The van der Waals surface area contributed by atoms with Crippen molar-refractivity contribution >= 4 is 38.5 Å². The molecule has 2 aromatic carbocycles. The van der Waals surface area contributed by atoms with E-state index in [4.69, 9.17) is 9.47 Å². The van der Waals surface area contributed by atoms with Crippen molar-refractivity contribution in [2.75, 3.05) is 21.3 Å². The largest absolute Gasteiger partial charge is 0.497 e. The van der Waals surface area contributed by atoms with Crippen LogP contribution in [0.5, 0.6) is 11.5 Å². The highest BCUT2D eigenvalue weighted by Crippen LogP contribution is 2.33. The molecule has 1 atom stereocenters. The standard InChI is InChI=1S/C16H17BrINO2/c1-19-16(14-8-11(17)4-5-15(14)18)10-6-12(20-2)9-13(7-10)21-3/h4-9,16,19H,1-3H3. The molecule has 3 nitrogen and oxygen atoms in total. The first-order valence-electron chi connectivity index (χ1n) is 6.44. The van der Waals surface area contributed by atoms with Crippen LogP contribution >= 0.6 is 38.5 Å². The number of hydrogen-bond acceptors (Lipinski definition) is 3. The third kappa shape index (κ3) is 3.90. The fraction of sp³-hybridized carbons (Fsp3) is 0.250. The van der Waals surface area contributed by atoms with Crippen LogP contribution in [0.3, 0.4) is 0 Å². The first-order chi connectivity index (χ1) is 10.1. The molecule has 2 aromatic rings. The van der Waals surface area contributed by atoms with Crippen LogP contribution in [0.4, 0.5) is 0 Å². The second kappa shape index (κ2) is 7.47. The molecule has 0 radical (unpaired) electrons. The van der Waals surface area contributed by atoms with Crippen molar-refractivity contribution in [3.8, 4) is 11.5 Å². The molecule has 0 aliphatic rings. The molecule has 1 N–H and O–H groups in total.